The number of allylic oxidation sites excluding steroid dienone is 3. The Morgan fingerprint density at radius 3 is 2.28 bits per heavy atom. The molecule has 4 fully saturated rings. The van der Waals surface area contributed by atoms with Gasteiger partial charge in [0, 0.05) is 37.6 Å². The maximum Gasteiger partial charge on any atom is 0.152 e. The molecular weight excluding hydrogens is 597 g/mol. The quantitative estimate of drug-likeness (QED) is 0.333. The van der Waals surface area contributed by atoms with Crippen LogP contribution in [0.15, 0.2) is 54.1 Å². The molecular formula is C42H62N2O2S. The molecule has 1 heterocycles. The molecule has 0 radical (unpaired) electrons. The molecule has 1 aromatic rings. The van der Waals surface area contributed by atoms with Crippen molar-refractivity contribution >= 4 is 15.4 Å². The predicted molar refractivity (Wildman–Crippen MR) is 197 cm³/mol. The molecule has 1 aliphatic heterocycles. The largest absolute Gasteiger partial charge is 0.309 e. The minimum Gasteiger partial charge on any atom is -0.309 e. The van der Waals surface area contributed by atoms with E-state index in [4.69, 9.17) is 0 Å². The van der Waals surface area contributed by atoms with Gasteiger partial charge in [-0.15, -0.1) is 0 Å². The summed E-state index contributed by atoms with van der Waals surface area (Å²) >= 11 is 0. The molecule has 0 bridgehead atoms. The second-order valence-corrected chi connectivity index (χ2v) is 20.6. The fraction of sp³-hybridized carbons (Fsp3) is 0.714. The first kappa shape index (κ1) is 33.8. The lowest BCUT2D eigenvalue weighted by molar-refractivity contribution is -0.214. The smallest absolute Gasteiger partial charge is 0.152 e. The molecule has 8 atom stereocenters. The van der Waals surface area contributed by atoms with Crippen LogP contribution in [-0.4, -0.2) is 56.5 Å². The topological polar surface area (TPSA) is 49.4 Å². The molecule has 7 rings (SSSR count). The van der Waals surface area contributed by atoms with Crippen molar-refractivity contribution in [3.05, 3.63) is 65.3 Å². The molecule has 1 aromatic carbocycles. The first-order valence-electron chi connectivity index (χ1n) is 18.9. The summed E-state index contributed by atoms with van der Waals surface area (Å²) in [4.78, 5) is 2.35. The van der Waals surface area contributed by atoms with E-state index in [1.165, 1.54) is 67.2 Å². The third-order valence-electron chi connectivity index (χ3n) is 15.8. The molecule has 1 saturated heterocycles. The summed E-state index contributed by atoms with van der Waals surface area (Å²) in [6, 6.07) is 9.29. The van der Waals surface area contributed by atoms with Crippen molar-refractivity contribution in [1.29, 1.82) is 0 Å². The molecule has 0 spiro atoms. The van der Waals surface area contributed by atoms with Gasteiger partial charge in [0.05, 0.1) is 11.5 Å². The summed E-state index contributed by atoms with van der Waals surface area (Å²) in [6.45, 7) is 25.5. The van der Waals surface area contributed by atoms with Crippen molar-refractivity contribution in [1.82, 2.24) is 10.2 Å². The monoisotopic (exact) mass is 658 g/mol. The second kappa shape index (κ2) is 11.4. The van der Waals surface area contributed by atoms with Crippen LogP contribution in [0.3, 0.4) is 0 Å². The Morgan fingerprint density at radius 2 is 1.60 bits per heavy atom. The molecule has 47 heavy (non-hydrogen) atoms. The standard InChI is InChI=1S/C42H62N2O2S/c1-29(2)32-15-20-42(43-23-24-44-25-27-47(45,46)28-26-44)22-21-40(7)34(37(32)42)13-14-36-39(6)18-16-33(31-11-9-30(3)10-12-31)38(4,5)35(39)17-19-41(36,40)8/h9-12,15-16,34-37,43H,1,13-14,17-28H2,2-8H3/t34-,35+,36-,37-,39+,40-,41-,42+/m1/s1. The average molecular weight is 659 g/mol. The number of hydrogen-bond acceptors (Lipinski definition) is 4. The fourth-order valence-electron chi connectivity index (χ4n) is 13.1. The van der Waals surface area contributed by atoms with E-state index in [0.29, 0.717) is 58.6 Å². The summed E-state index contributed by atoms with van der Waals surface area (Å²) in [6.07, 6.45) is 15.3. The number of benzene rings is 1. The van der Waals surface area contributed by atoms with Gasteiger partial charge < -0.3 is 10.2 Å². The molecule has 3 saturated carbocycles. The fourth-order valence-corrected chi connectivity index (χ4v) is 14.4. The molecule has 4 nitrogen and oxygen atoms in total. The third-order valence-corrected chi connectivity index (χ3v) is 17.4. The van der Waals surface area contributed by atoms with Crippen molar-refractivity contribution in [2.45, 2.75) is 105 Å². The molecule has 258 valence electrons. The second-order valence-electron chi connectivity index (χ2n) is 18.3. The Bertz CT molecular complexity index is 1570. The molecule has 0 amide bonds. The summed E-state index contributed by atoms with van der Waals surface area (Å²) in [5, 5.41) is 4.18. The van der Waals surface area contributed by atoms with Gasteiger partial charge in [-0.3, -0.25) is 0 Å². The zero-order valence-corrected chi connectivity index (χ0v) is 31.4. The zero-order valence-electron chi connectivity index (χ0n) is 30.6. The number of aryl methyl sites for hydroxylation is 1. The van der Waals surface area contributed by atoms with E-state index in [2.05, 4.69) is 102 Å². The summed E-state index contributed by atoms with van der Waals surface area (Å²) in [5.74, 6) is 3.22. The molecule has 6 aliphatic rings. The van der Waals surface area contributed by atoms with Gasteiger partial charge in [-0.05, 0) is 121 Å². The van der Waals surface area contributed by atoms with E-state index in [1.54, 1.807) is 5.57 Å². The van der Waals surface area contributed by atoms with E-state index in [0.717, 1.165) is 25.4 Å². The van der Waals surface area contributed by atoms with Gasteiger partial charge >= 0.3 is 0 Å². The minimum absolute atomic E-state index is 0.100. The molecule has 1 N–H and O–H groups in total. The molecule has 0 unspecified atom stereocenters. The van der Waals surface area contributed by atoms with Gasteiger partial charge in [0.1, 0.15) is 0 Å². The molecule has 5 heteroatoms. The Morgan fingerprint density at radius 1 is 0.894 bits per heavy atom. The van der Waals surface area contributed by atoms with E-state index in [1.807, 2.05) is 0 Å². The van der Waals surface area contributed by atoms with Crippen LogP contribution in [0, 0.1) is 52.3 Å². The number of nitrogens with one attached hydrogen (secondary N) is 1. The predicted octanol–water partition coefficient (Wildman–Crippen LogP) is 8.64. The number of rotatable bonds is 6. The van der Waals surface area contributed by atoms with Crippen LogP contribution in [0.4, 0.5) is 0 Å². The van der Waals surface area contributed by atoms with Crippen LogP contribution in [0.25, 0.3) is 5.57 Å². The number of sulfone groups is 1. The lowest BCUT2D eigenvalue weighted by Gasteiger charge is -2.72. The maximum absolute atomic E-state index is 12.0. The highest BCUT2D eigenvalue weighted by Crippen LogP contribution is 2.76. The Labute approximate surface area is 286 Å². The lowest BCUT2D eigenvalue weighted by Crippen LogP contribution is -2.68. The van der Waals surface area contributed by atoms with Crippen LogP contribution >= 0.6 is 0 Å². The summed E-state index contributed by atoms with van der Waals surface area (Å²) in [5.41, 5.74) is 8.32. The van der Waals surface area contributed by atoms with E-state index < -0.39 is 9.84 Å². The van der Waals surface area contributed by atoms with Crippen LogP contribution in [0.2, 0.25) is 0 Å². The van der Waals surface area contributed by atoms with Gasteiger partial charge in [0.25, 0.3) is 0 Å². The lowest BCUT2D eigenvalue weighted by atomic mass is 9.33. The van der Waals surface area contributed by atoms with Crippen molar-refractivity contribution in [3.8, 4) is 0 Å². The van der Waals surface area contributed by atoms with Gasteiger partial charge in [0.2, 0.25) is 0 Å². The minimum atomic E-state index is -2.85. The maximum atomic E-state index is 12.0. The number of nitrogens with zero attached hydrogens (tertiary/aromatic N) is 1. The van der Waals surface area contributed by atoms with Gasteiger partial charge in [-0.2, -0.15) is 0 Å². The first-order chi connectivity index (χ1) is 22.1. The van der Waals surface area contributed by atoms with Crippen LogP contribution < -0.4 is 5.32 Å². The summed E-state index contributed by atoms with van der Waals surface area (Å²) < 4.78 is 24.0. The van der Waals surface area contributed by atoms with Crippen molar-refractivity contribution in [3.63, 3.8) is 0 Å². The normalized spacial score (nSPS) is 42.3. The highest BCUT2D eigenvalue weighted by molar-refractivity contribution is 7.91. The van der Waals surface area contributed by atoms with Crippen molar-refractivity contribution in [2.75, 3.05) is 37.7 Å². The zero-order chi connectivity index (χ0) is 33.6. The Kier molecular flexibility index (Phi) is 8.21. The Hall–Kier alpha value is -1.69. The van der Waals surface area contributed by atoms with Crippen molar-refractivity contribution in [2.24, 2.45) is 45.3 Å². The number of fused-ring (bicyclic) bond motifs is 7. The average Bonchev–Trinajstić information content (AvgIpc) is 3.39. The van der Waals surface area contributed by atoms with Crippen LogP contribution in [0.1, 0.15) is 104 Å². The van der Waals surface area contributed by atoms with Gasteiger partial charge in [0.15, 0.2) is 9.84 Å². The molecule has 5 aliphatic carbocycles. The van der Waals surface area contributed by atoms with E-state index in [-0.39, 0.29) is 11.0 Å². The molecule has 0 aromatic heterocycles. The van der Waals surface area contributed by atoms with Crippen LogP contribution in [-0.2, 0) is 9.84 Å². The third kappa shape index (κ3) is 5.13. The van der Waals surface area contributed by atoms with Crippen LogP contribution in [0.5, 0.6) is 0 Å². The van der Waals surface area contributed by atoms with Crippen molar-refractivity contribution < 1.29 is 8.42 Å². The van der Waals surface area contributed by atoms with Gasteiger partial charge in [-0.1, -0.05) is 88.8 Å². The highest BCUT2D eigenvalue weighted by atomic mass is 32.2. The summed E-state index contributed by atoms with van der Waals surface area (Å²) in [7, 11) is -2.85. The highest BCUT2D eigenvalue weighted by Gasteiger charge is 2.69. The SMILES string of the molecule is C=C(C)C1=CC[C@]2(NCCN3CCS(=O)(=O)CC3)CC[C@]3(C)[C@H](CC[C@@H]4[C@@]5(C)CC=C(c6ccc(C)cc6)C(C)(C)[C@@H]5CC[C@]43C)[C@@H]12. The number of hydrogen-bond donors (Lipinski definition) is 1. The van der Waals surface area contributed by atoms with E-state index in [9.17, 15) is 8.42 Å². The first-order valence-corrected chi connectivity index (χ1v) is 20.7. The van der Waals surface area contributed by atoms with E-state index >= 15 is 0 Å². The van der Waals surface area contributed by atoms with Gasteiger partial charge in [-0.25, -0.2) is 8.42 Å². The Balaban J connectivity index is 1.16.